The SMILES string of the molecule is CC(C)(C)c1ccc(Cc2ccccc2C(=O)c2ccc(Cl)cc2)cc1. The van der Waals surface area contributed by atoms with E-state index in [1.165, 1.54) is 11.1 Å². The predicted molar refractivity (Wildman–Crippen MR) is 109 cm³/mol. The fourth-order valence-electron chi connectivity index (χ4n) is 3.00. The number of benzene rings is 3. The molecule has 0 unspecified atom stereocenters. The molecule has 0 aliphatic rings. The molecule has 3 aromatic carbocycles. The van der Waals surface area contributed by atoms with Crippen molar-refractivity contribution in [3.05, 3.63) is 106 Å². The lowest BCUT2D eigenvalue weighted by atomic mass is 9.86. The predicted octanol–water partition coefficient (Wildman–Crippen LogP) is 6.46. The van der Waals surface area contributed by atoms with Crippen molar-refractivity contribution < 1.29 is 4.79 Å². The van der Waals surface area contributed by atoms with E-state index in [2.05, 4.69) is 45.0 Å². The second-order valence-corrected chi connectivity index (χ2v) is 8.05. The van der Waals surface area contributed by atoms with Gasteiger partial charge in [-0.3, -0.25) is 4.79 Å². The molecule has 0 amide bonds. The fraction of sp³-hybridized carbons (Fsp3) is 0.208. The fourth-order valence-corrected chi connectivity index (χ4v) is 3.12. The van der Waals surface area contributed by atoms with Gasteiger partial charge in [-0.25, -0.2) is 0 Å². The van der Waals surface area contributed by atoms with Gasteiger partial charge in [0.05, 0.1) is 0 Å². The summed E-state index contributed by atoms with van der Waals surface area (Å²) in [4.78, 5) is 12.9. The van der Waals surface area contributed by atoms with Gasteiger partial charge >= 0.3 is 0 Å². The van der Waals surface area contributed by atoms with Gasteiger partial charge in [0.15, 0.2) is 5.78 Å². The lowest BCUT2D eigenvalue weighted by Crippen LogP contribution is -2.11. The van der Waals surface area contributed by atoms with E-state index in [4.69, 9.17) is 11.6 Å². The van der Waals surface area contributed by atoms with Gasteiger partial charge in [0.2, 0.25) is 0 Å². The number of halogens is 1. The summed E-state index contributed by atoms with van der Waals surface area (Å²) < 4.78 is 0. The highest BCUT2D eigenvalue weighted by atomic mass is 35.5. The summed E-state index contributed by atoms with van der Waals surface area (Å²) in [5, 5.41) is 0.633. The number of ketones is 1. The summed E-state index contributed by atoms with van der Waals surface area (Å²) in [6, 6.07) is 23.6. The minimum absolute atomic E-state index is 0.0311. The Labute approximate surface area is 160 Å². The van der Waals surface area contributed by atoms with Crippen LogP contribution in [0.3, 0.4) is 0 Å². The van der Waals surface area contributed by atoms with E-state index in [1.807, 2.05) is 24.3 Å². The van der Waals surface area contributed by atoms with Gasteiger partial charge in [-0.05, 0) is 52.8 Å². The van der Waals surface area contributed by atoms with Crippen LogP contribution in [0.2, 0.25) is 5.02 Å². The van der Waals surface area contributed by atoms with Crippen LogP contribution in [-0.2, 0) is 11.8 Å². The Morgan fingerprint density at radius 3 is 2.08 bits per heavy atom. The van der Waals surface area contributed by atoms with Crippen molar-refractivity contribution in [1.82, 2.24) is 0 Å². The van der Waals surface area contributed by atoms with Crippen LogP contribution in [-0.4, -0.2) is 5.78 Å². The van der Waals surface area contributed by atoms with Gasteiger partial charge in [0.25, 0.3) is 0 Å². The van der Waals surface area contributed by atoms with Gasteiger partial charge in [-0.15, -0.1) is 0 Å². The molecule has 3 aromatic rings. The molecule has 26 heavy (non-hydrogen) atoms. The van der Waals surface area contributed by atoms with E-state index >= 15 is 0 Å². The zero-order chi connectivity index (χ0) is 18.7. The van der Waals surface area contributed by atoms with E-state index in [1.54, 1.807) is 24.3 Å². The number of hydrogen-bond acceptors (Lipinski definition) is 1. The molecular weight excluding hydrogens is 340 g/mol. The molecule has 0 atom stereocenters. The highest BCUT2D eigenvalue weighted by Crippen LogP contribution is 2.24. The summed E-state index contributed by atoms with van der Waals surface area (Å²) in [7, 11) is 0. The first-order valence-electron chi connectivity index (χ1n) is 8.82. The van der Waals surface area contributed by atoms with E-state index in [0.717, 1.165) is 17.5 Å². The van der Waals surface area contributed by atoms with Crippen molar-refractivity contribution in [2.24, 2.45) is 0 Å². The van der Waals surface area contributed by atoms with Crippen LogP contribution in [0.25, 0.3) is 0 Å². The van der Waals surface area contributed by atoms with Crippen LogP contribution in [0.5, 0.6) is 0 Å². The number of rotatable bonds is 4. The Morgan fingerprint density at radius 1 is 0.846 bits per heavy atom. The normalized spacial score (nSPS) is 11.4. The van der Waals surface area contributed by atoms with Gasteiger partial charge in [0.1, 0.15) is 0 Å². The third kappa shape index (κ3) is 4.23. The molecule has 0 spiro atoms. The van der Waals surface area contributed by atoms with E-state index in [0.29, 0.717) is 10.6 Å². The molecular formula is C24H23ClO. The zero-order valence-electron chi connectivity index (χ0n) is 15.4. The standard InChI is InChI=1S/C24H23ClO/c1-24(2,3)20-12-8-17(9-13-20)16-19-6-4-5-7-22(19)23(26)18-10-14-21(25)15-11-18/h4-15H,16H2,1-3H3. The first kappa shape index (κ1) is 18.4. The molecule has 2 heteroatoms. The third-order valence-corrected chi connectivity index (χ3v) is 4.83. The quantitative estimate of drug-likeness (QED) is 0.487. The van der Waals surface area contributed by atoms with Crippen LogP contribution in [0.1, 0.15) is 53.4 Å². The largest absolute Gasteiger partial charge is 0.289 e. The van der Waals surface area contributed by atoms with Gasteiger partial charge in [-0.2, -0.15) is 0 Å². The van der Waals surface area contributed by atoms with Crippen LogP contribution in [0, 0.1) is 0 Å². The summed E-state index contributed by atoms with van der Waals surface area (Å²) >= 11 is 5.93. The molecule has 0 radical (unpaired) electrons. The van der Waals surface area contributed by atoms with Crippen molar-refractivity contribution >= 4 is 17.4 Å². The van der Waals surface area contributed by atoms with Gasteiger partial charge < -0.3 is 0 Å². The van der Waals surface area contributed by atoms with E-state index in [9.17, 15) is 4.79 Å². The highest BCUT2D eigenvalue weighted by Gasteiger charge is 2.15. The molecule has 0 aliphatic carbocycles. The Kier molecular flexibility index (Phi) is 5.29. The summed E-state index contributed by atoms with van der Waals surface area (Å²) in [6.45, 7) is 6.63. The van der Waals surface area contributed by atoms with Crippen molar-refractivity contribution in [3.63, 3.8) is 0 Å². The molecule has 132 valence electrons. The smallest absolute Gasteiger partial charge is 0.193 e. The number of carbonyl (C=O) groups is 1. The first-order valence-corrected chi connectivity index (χ1v) is 9.20. The average molecular weight is 363 g/mol. The summed E-state index contributed by atoms with van der Waals surface area (Å²) in [5.74, 6) is 0.0311. The first-order chi connectivity index (χ1) is 12.3. The van der Waals surface area contributed by atoms with Crippen molar-refractivity contribution in [2.75, 3.05) is 0 Å². The Morgan fingerprint density at radius 2 is 1.46 bits per heavy atom. The topological polar surface area (TPSA) is 17.1 Å². The molecule has 0 saturated carbocycles. The van der Waals surface area contributed by atoms with Crippen LogP contribution >= 0.6 is 11.6 Å². The monoisotopic (exact) mass is 362 g/mol. The molecule has 3 rings (SSSR count). The molecule has 0 aliphatic heterocycles. The minimum Gasteiger partial charge on any atom is -0.289 e. The highest BCUT2D eigenvalue weighted by molar-refractivity contribution is 6.30. The molecule has 0 saturated heterocycles. The Balaban J connectivity index is 1.88. The molecule has 0 N–H and O–H groups in total. The van der Waals surface area contributed by atoms with Crippen molar-refractivity contribution in [3.8, 4) is 0 Å². The molecule has 0 heterocycles. The van der Waals surface area contributed by atoms with E-state index in [-0.39, 0.29) is 11.2 Å². The van der Waals surface area contributed by atoms with Crippen LogP contribution in [0.4, 0.5) is 0 Å². The number of carbonyl (C=O) groups excluding carboxylic acids is 1. The maximum Gasteiger partial charge on any atom is 0.193 e. The Hall–Kier alpha value is -2.38. The molecule has 1 nitrogen and oxygen atoms in total. The minimum atomic E-state index is 0.0311. The van der Waals surface area contributed by atoms with Crippen LogP contribution < -0.4 is 0 Å². The lowest BCUT2D eigenvalue weighted by molar-refractivity contribution is 0.103. The number of hydrogen-bond donors (Lipinski definition) is 0. The lowest BCUT2D eigenvalue weighted by Gasteiger charge is -2.19. The van der Waals surface area contributed by atoms with Crippen molar-refractivity contribution in [2.45, 2.75) is 32.6 Å². The zero-order valence-corrected chi connectivity index (χ0v) is 16.2. The Bertz CT molecular complexity index is 900. The average Bonchev–Trinajstić information content (AvgIpc) is 2.62. The molecule has 0 bridgehead atoms. The maximum atomic E-state index is 12.9. The van der Waals surface area contributed by atoms with E-state index < -0.39 is 0 Å². The summed E-state index contributed by atoms with van der Waals surface area (Å²) in [6.07, 6.45) is 0.736. The van der Waals surface area contributed by atoms with Crippen molar-refractivity contribution in [1.29, 1.82) is 0 Å². The van der Waals surface area contributed by atoms with Gasteiger partial charge in [-0.1, -0.05) is 80.9 Å². The summed E-state index contributed by atoms with van der Waals surface area (Å²) in [5.41, 5.74) is 5.10. The van der Waals surface area contributed by atoms with Gasteiger partial charge in [0, 0.05) is 16.1 Å². The maximum absolute atomic E-state index is 12.9. The molecule has 0 fully saturated rings. The second-order valence-electron chi connectivity index (χ2n) is 7.62. The third-order valence-electron chi connectivity index (χ3n) is 4.58. The molecule has 0 aromatic heterocycles. The van der Waals surface area contributed by atoms with Crippen LogP contribution in [0.15, 0.2) is 72.8 Å². The second kappa shape index (κ2) is 7.47.